The van der Waals surface area contributed by atoms with E-state index in [4.69, 9.17) is 8.83 Å². The molecule has 3 nitrogen and oxygen atoms in total. The smallest absolute Gasteiger partial charge is 0.137 e. The Labute approximate surface area is 432 Å². The van der Waals surface area contributed by atoms with Gasteiger partial charge in [-0.2, -0.15) is 0 Å². The van der Waals surface area contributed by atoms with Gasteiger partial charge in [-0.25, -0.2) is 0 Å². The van der Waals surface area contributed by atoms with Crippen molar-refractivity contribution in [1.82, 2.24) is 0 Å². The van der Waals surface area contributed by atoms with E-state index in [-0.39, 0.29) is 16.7 Å². The summed E-state index contributed by atoms with van der Waals surface area (Å²) in [5.74, 6) is 0.165. The molecule has 0 saturated heterocycles. The highest BCUT2D eigenvalue weighted by Gasteiger charge is 2.26. The van der Waals surface area contributed by atoms with Crippen LogP contribution in [0, 0.1) is 0 Å². The van der Waals surface area contributed by atoms with Crippen LogP contribution in [0.2, 0.25) is 0 Å². The second kappa shape index (κ2) is 16.4. The summed E-state index contributed by atoms with van der Waals surface area (Å²) in [6.07, 6.45) is 0.871. The average molecular weight is 980 g/mol. The average Bonchev–Trinajstić information content (AvgIpc) is 4.16. The highest BCUT2D eigenvalue weighted by atomic mass is 32.1. The van der Waals surface area contributed by atoms with Crippen molar-refractivity contribution in [1.29, 1.82) is 0 Å². The van der Waals surface area contributed by atoms with Gasteiger partial charge in [0.25, 0.3) is 0 Å². The molecule has 0 N–H and O–H groups in total. The summed E-state index contributed by atoms with van der Waals surface area (Å²) in [7, 11) is 0. The second-order valence-electron chi connectivity index (χ2n) is 22.1. The third-order valence-electron chi connectivity index (χ3n) is 15.3. The van der Waals surface area contributed by atoms with E-state index in [9.17, 15) is 0 Å². The summed E-state index contributed by atoms with van der Waals surface area (Å²) in [6, 6.07) is 72.1. The zero-order valence-corrected chi connectivity index (χ0v) is 43.5. The predicted molar refractivity (Wildman–Crippen MR) is 315 cm³/mol. The van der Waals surface area contributed by atoms with Crippen molar-refractivity contribution in [3.05, 3.63) is 222 Å². The number of fused-ring (bicyclic) bond motifs is 13. The molecule has 0 saturated carbocycles. The lowest BCUT2D eigenvalue weighted by molar-refractivity contribution is 0.588. The summed E-state index contributed by atoms with van der Waals surface area (Å²) < 4.78 is 19.0. The molecular weight excluding hydrogens is 927 g/mol. The maximum atomic E-state index is 6.92. The van der Waals surface area contributed by atoms with Crippen LogP contribution in [-0.2, 0) is 17.3 Å². The minimum atomic E-state index is -0.0268. The van der Waals surface area contributed by atoms with E-state index < -0.39 is 0 Å². The summed E-state index contributed by atoms with van der Waals surface area (Å²) in [5, 5.41) is 11.8. The third kappa shape index (κ3) is 7.35. The van der Waals surface area contributed by atoms with Gasteiger partial charge in [0, 0.05) is 73.8 Å². The van der Waals surface area contributed by atoms with Crippen LogP contribution in [-0.4, -0.2) is 0 Å². The Balaban J connectivity index is 0.892. The first kappa shape index (κ1) is 44.0. The number of hydrogen-bond donors (Lipinski definition) is 0. The van der Waals surface area contributed by atoms with E-state index >= 15 is 0 Å². The first-order chi connectivity index (χ1) is 35.4. The van der Waals surface area contributed by atoms with Crippen molar-refractivity contribution in [3.8, 4) is 0 Å². The molecule has 0 aliphatic heterocycles. The second-order valence-corrected chi connectivity index (χ2v) is 24.2. The van der Waals surface area contributed by atoms with E-state index in [1.54, 1.807) is 0 Å². The van der Waals surface area contributed by atoms with E-state index in [1.165, 1.54) is 78.9 Å². The topological polar surface area (TPSA) is 29.5 Å². The van der Waals surface area contributed by atoms with Crippen LogP contribution in [0.15, 0.2) is 203 Å². The van der Waals surface area contributed by atoms with Crippen LogP contribution < -0.4 is 4.90 Å². The molecule has 354 valence electrons. The summed E-state index contributed by atoms with van der Waals surface area (Å²) >= 11 is 3.77. The lowest BCUT2D eigenvalue weighted by Crippen LogP contribution is -2.14. The van der Waals surface area contributed by atoms with E-state index in [0.717, 1.165) is 67.4 Å². The lowest BCUT2D eigenvalue weighted by atomic mass is 9.81. The van der Waals surface area contributed by atoms with Crippen molar-refractivity contribution < 1.29 is 8.83 Å². The third-order valence-corrected chi connectivity index (χ3v) is 17.7. The number of anilines is 3. The Morgan fingerprint density at radius 1 is 0.425 bits per heavy atom. The molecule has 0 amide bonds. The first-order valence-corrected chi connectivity index (χ1v) is 27.1. The van der Waals surface area contributed by atoms with Crippen LogP contribution in [0.5, 0.6) is 0 Å². The van der Waals surface area contributed by atoms with Gasteiger partial charge in [0.1, 0.15) is 22.3 Å². The fraction of sp³-hybridized carbons (Fsp3) is 0.147. The van der Waals surface area contributed by atoms with Crippen LogP contribution in [0.4, 0.5) is 17.1 Å². The molecule has 1 unspecified atom stereocenters. The molecule has 14 rings (SSSR count). The van der Waals surface area contributed by atoms with E-state index in [1.807, 2.05) is 22.7 Å². The number of furan rings is 2. The number of nitrogens with zero attached hydrogens (tertiary/aromatic N) is 1. The minimum absolute atomic E-state index is 0.0268. The summed E-state index contributed by atoms with van der Waals surface area (Å²) in [5.41, 5.74) is 13.3. The molecule has 0 aliphatic carbocycles. The molecule has 14 aromatic rings. The molecule has 10 aromatic carbocycles. The quantitative estimate of drug-likeness (QED) is 0.159. The Morgan fingerprint density at radius 3 is 1.88 bits per heavy atom. The van der Waals surface area contributed by atoms with Crippen molar-refractivity contribution in [2.75, 3.05) is 4.90 Å². The largest absolute Gasteiger partial charge is 0.456 e. The molecule has 0 aliphatic rings. The highest BCUT2D eigenvalue weighted by Crippen LogP contribution is 2.48. The van der Waals surface area contributed by atoms with Crippen LogP contribution in [0.3, 0.4) is 0 Å². The molecule has 0 bridgehead atoms. The van der Waals surface area contributed by atoms with Crippen molar-refractivity contribution in [2.45, 2.75) is 64.7 Å². The molecule has 4 heterocycles. The molecule has 0 spiro atoms. The summed E-state index contributed by atoms with van der Waals surface area (Å²) in [6.45, 7) is 13.8. The van der Waals surface area contributed by atoms with Gasteiger partial charge in [0.15, 0.2) is 0 Å². The van der Waals surface area contributed by atoms with Crippen LogP contribution >= 0.6 is 22.7 Å². The zero-order chi connectivity index (χ0) is 49.3. The fourth-order valence-electron chi connectivity index (χ4n) is 11.5. The van der Waals surface area contributed by atoms with Gasteiger partial charge in [0.05, 0.1) is 11.1 Å². The fourth-order valence-corrected chi connectivity index (χ4v) is 13.9. The Kier molecular flexibility index (Phi) is 9.90. The summed E-state index contributed by atoms with van der Waals surface area (Å²) in [4.78, 5) is 2.41. The van der Waals surface area contributed by atoms with Gasteiger partial charge in [-0.05, 0) is 129 Å². The number of rotatable bonds is 7. The zero-order valence-electron chi connectivity index (χ0n) is 41.8. The van der Waals surface area contributed by atoms with Gasteiger partial charge in [-0.1, -0.05) is 163 Å². The first-order valence-electron chi connectivity index (χ1n) is 25.5. The van der Waals surface area contributed by atoms with Gasteiger partial charge in [-0.3, -0.25) is 0 Å². The van der Waals surface area contributed by atoms with Gasteiger partial charge in [0.2, 0.25) is 0 Å². The number of thiophene rings is 2. The van der Waals surface area contributed by atoms with Gasteiger partial charge in [-0.15, -0.1) is 22.7 Å². The van der Waals surface area contributed by atoms with Gasteiger partial charge >= 0.3 is 0 Å². The molecule has 5 heteroatoms. The molecule has 1 atom stereocenters. The Bertz CT molecular complexity index is 4530. The number of hydrogen-bond acceptors (Lipinski definition) is 5. The van der Waals surface area contributed by atoms with Crippen molar-refractivity contribution in [2.24, 2.45) is 0 Å². The standard InChI is InChI=1S/C68H53NO2S2/c1-67(2,3)44-16-11-15-42(33-44)53(52-22-13-21-51-49-20-8-10-26-63(49)73-66(51)52)32-40-27-28-41-34-54-55-38-61-56(39-60(55)71-59(54)35-43(41)31-40)65-57(23-14-24-58(65)70-61)69(46-18-12-17-45(36-46)68(4,5)6)47-29-30-50-48-19-7-9-25-62(48)72-64(50)37-47/h7-31,33-39,53H,32H2,1-6H3. The highest BCUT2D eigenvalue weighted by molar-refractivity contribution is 7.26. The molecule has 0 fully saturated rings. The normalized spacial score (nSPS) is 13.1. The number of benzene rings is 10. The van der Waals surface area contributed by atoms with Crippen molar-refractivity contribution >= 4 is 135 Å². The monoisotopic (exact) mass is 979 g/mol. The van der Waals surface area contributed by atoms with E-state index in [0.29, 0.717) is 0 Å². The molecule has 0 radical (unpaired) electrons. The maximum Gasteiger partial charge on any atom is 0.137 e. The van der Waals surface area contributed by atoms with Gasteiger partial charge < -0.3 is 13.7 Å². The van der Waals surface area contributed by atoms with Crippen LogP contribution in [0.25, 0.3) is 95.0 Å². The lowest BCUT2D eigenvalue weighted by Gasteiger charge is -2.28. The maximum absolute atomic E-state index is 6.92. The van der Waals surface area contributed by atoms with Crippen LogP contribution in [0.1, 0.15) is 75.3 Å². The molecular formula is C68H53NO2S2. The van der Waals surface area contributed by atoms with E-state index in [2.05, 4.69) is 241 Å². The SMILES string of the molecule is CC(C)(C)c1cccc(C(Cc2ccc3cc4c(cc3c2)oc2cc3c(cc24)oc2cccc(N(c4cccc(C(C)(C)C)c4)c4ccc5c(c4)sc4ccccc45)c23)c2cccc3c2sc2ccccc23)c1. The van der Waals surface area contributed by atoms with Crippen molar-refractivity contribution in [3.63, 3.8) is 0 Å². The molecule has 73 heavy (non-hydrogen) atoms. The molecule has 4 aromatic heterocycles. The predicted octanol–water partition coefficient (Wildman–Crippen LogP) is 20.8. The minimum Gasteiger partial charge on any atom is -0.456 e. The Morgan fingerprint density at radius 2 is 1.05 bits per heavy atom. The Hall–Kier alpha value is -7.70.